The Labute approximate surface area is 262 Å². The number of benzene rings is 2. The summed E-state index contributed by atoms with van der Waals surface area (Å²) in [5.74, 6) is 0. The average molecular weight is 604 g/mol. The van der Waals surface area contributed by atoms with Gasteiger partial charge in [-0.2, -0.15) is 0 Å². The molecule has 2 fully saturated rings. The van der Waals surface area contributed by atoms with Crippen molar-refractivity contribution in [2.45, 2.75) is 89.6 Å². The SMILES string of the molecule is CCc1ccc(COC(=O)N2CC[C@@H](N3CCc4ccccc4NC3=O)C[C@@]2(CC=O)N2CCC(N(C)C)CC2)cc1CC. The maximum Gasteiger partial charge on any atom is 0.411 e. The molecular weight excluding hydrogens is 554 g/mol. The monoisotopic (exact) mass is 603 g/mol. The summed E-state index contributed by atoms with van der Waals surface area (Å²) < 4.78 is 6.00. The van der Waals surface area contributed by atoms with Crippen molar-refractivity contribution in [2.24, 2.45) is 0 Å². The van der Waals surface area contributed by atoms with Gasteiger partial charge < -0.3 is 24.6 Å². The Morgan fingerprint density at radius 3 is 2.48 bits per heavy atom. The summed E-state index contributed by atoms with van der Waals surface area (Å²) in [5.41, 5.74) is 4.67. The molecule has 0 radical (unpaired) electrons. The molecule has 5 rings (SSSR count). The Kier molecular flexibility index (Phi) is 10.3. The van der Waals surface area contributed by atoms with E-state index in [9.17, 15) is 14.4 Å². The molecule has 0 aliphatic carbocycles. The van der Waals surface area contributed by atoms with Crippen LogP contribution < -0.4 is 5.32 Å². The third-order valence-corrected chi connectivity index (χ3v) is 10.1. The molecule has 2 atom stereocenters. The van der Waals surface area contributed by atoms with Crippen LogP contribution in [0.1, 0.15) is 68.2 Å². The van der Waals surface area contributed by atoms with Gasteiger partial charge in [-0.05, 0) is 80.9 Å². The number of aldehydes is 1. The van der Waals surface area contributed by atoms with E-state index in [0.717, 1.165) is 68.3 Å². The molecule has 1 N–H and O–H groups in total. The number of likely N-dealkylation sites (tertiary alicyclic amines) is 2. The summed E-state index contributed by atoms with van der Waals surface area (Å²) in [7, 11) is 4.21. The molecule has 2 saturated heterocycles. The fourth-order valence-electron chi connectivity index (χ4n) is 7.56. The minimum Gasteiger partial charge on any atom is -0.445 e. The summed E-state index contributed by atoms with van der Waals surface area (Å²) in [6.07, 6.45) is 6.39. The highest BCUT2D eigenvalue weighted by molar-refractivity contribution is 5.91. The third-order valence-electron chi connectivity index (χ3n) is 10.1. The number of nitrogens with zero attached hydrogens (tertiary/aromatic N) is 4. The fraction of sp³-hybridized carbons (Fsp3) is 0.571. The quantitative estimate of drug-likeness (QED) is 0.391. The molecular formula is C35H49N5O4. The van der Waals surface area contributed by atoms with E-state index in [1.807, 2.05) is 29.2 Å². The van der Waals surface area contributed by atoms with Crippen LogP contribution in [0.4, 0.5) is 15.3 Å². The number of fused-ring (bicyclic) bond motifs is 1. The molecule has 2 aromatic rings. The number of aryl methyl sites for hydroxylation is 2. The van der Waals surface area contributed by atoms with E-state index in [2.05, 4.69) is 61.3 Å². The predicted octanol–water partition coefficient (Wildman–Crippen LogP) is 5.31. The Morgan fingerprint density at radius 2 is 1.77 bits per heavy atom. The number of amides is 3. The lowest BCUT2D eigenvalue weighted by Gasteiger charge is -2.56. The van der Waals surface area contributed by atoms with Crippen LogP contribution in [0.3, 0.4) is 0 Å². The van der Waals surface area contributed by atoms with E-state index in [4.69, 9.17) is 4.74 Å². The van der Waals surface area contributed by atoms with Gasteiger partial charge >= 0.3 is 12.1 Å². The minimum absolute atomic E-state index is 0.117. The van der Waals surface area contributed by atoms with E-state index < -0.39 is 11.8 Å². The molecule has 0 aromatic heterocycles. The van der Waals surface area contributed by atoms with E-state index in [1.54, 1.807) is 4.90 Å². The van der Waals surface area contributed by atoms with Crippen molar-refractivity contribution < 1.29 is 19.1 Å². The van der Waals surface area contributed by atoms with Crippen molar-refractivity contribution in [2.75, 3.05) is 45.6 Å². The van der Waals surface area contributed by atoms with Crippen LogP contribution in [0, 0.1) is 0 Å². The summed E-state index contributed by atoms with van der Waals surface area (Å²) in [4.78, 5) is 48.2. The molecule has 9 heteroatoms. The number of nitrogens with one attached hydrogen (secondary N) is 1. The zero-order valence-corrected chi connectivity index (χ0v) is 26.9. The fourth-order valence-corrected chi connectivity index (χ4v) is 7.56. The lowest BCUT2D eigenvalue weighted by atomic mass is 9.84. The number of para-hydroxylation sites is 1. The van der Waals surface area contributed by atoms with Crippen LogP contribution in [0.5, 0.6) is 0 Å². The van der Waals surface area contributed by atoms with Crippen molar-refractivity contribution in [3.05, 3.63) is 64.7 Å². The Balaban J connectivity index is 1.39. The van der Waals surface area contributed by atoms with Gasteiger partial charge in [-0.25, -0.2) is 9.59 Å². The van der Waals surface area contributed by atoms with Gasteiger partial charge in [0.15, 0.2) is 0 Å². The normalized spacial score (nSPS) is 23.2. The number of urea groups is 1. The molecule has 44 heavy (non-hydrogen) atoms. The maximum absolute atomic E-state index is 14.0. The van der Waals surface area contributed by atoms with E-state index in [-0.39, 0.29) is 25.1 Å². The van der Waals surface area contributed by atoms with Crippen LogP contribution in [0.15, 0.2) is 42.5 Å². The summed E-state index contributed by atoms with van der Waals surface area (Å²) in [5, 5.41) is 3.11. The number of carbonyl (C=O) groups is 3. The lowest BCUT2D eigenvalue weighted by Crippen LogP contribution is -2.69. The third kappa shape index (κ3) is 6.64. The zero-order chi connectivity index (χ0) is 31.3. The van der Waals surface area contributed by atoms with Crippen molar-refractivity contribution in [1.82, 2.24) is 19.6 Å². The Hall–Kier alpha value is -3.43. The highest BCUT2D eigenvalue weighted by atomic mass is 16.6. The van der Waals surface area contributed by atoms with Crippen LogP contribution in [-0.2, 0) is 35.4 Å². The number of rotatable bonds is 9. The molecule has 9 nitrogen and oxygen atoms in total. The van der Waals surface area contributed by atoms with E-state index >= 15 is 0 Å². The second-order valence-corrected chi connectivity index (χ2v) is 12.7. The van der Waals surface area contributed by atoms with Crippen LogP contribution in [-0.4, -0.2) is 96.0 Å². The van der Waals surface area contributed by atoms with Crippen LogP contribution in [0.2, 0.25) is 0 Å². The standard InChI is InChI=1S/C35H49N5O4/c1-5-27-12-11-26(23-28(27)6-2)25-44-34(43)40-21-16-31(39-20-13-29-9-7-8-10-32(29)36-33(39)42)24-35(40,17-22-41)38-18-14-30(15-19-38)37(3)4/h7-12,22-23,30-31H,5-6,13-21,24-25H2,1-4H3,(H,36,42)/t31-,35+/m1/s1. The van der Waals surface area contributed by atoms with Crippen molar-refractivity contribution in [3.63, 3.8) is 0 Å². The molecule has 0 spiro atoms. The molecule has 3 aliphatic heterocycles. The first-order valence-electron chi connectivity index (χ1n) is 16.3. The molecule has 3 amide bonds. The lowest BCUT2D eigenvalue weighted by molar-refractivity contribution is -0.128. The van der Waals surface area contributed by atoms with Gasteiger partial charge in [0, 0.05) is 56.8 Å². The maximum atomic E-state index is 14.0. The molecule has 0 unspecified atom stereocenters. The molecule has 238 valence electrons. The number of piperidine rings is 2. The molecule has 3 heterocycles. The van der Waals surface area contributed by atoms with Crippen molar-refractivity contribution >= 4 is 24.1 Å². The largest absolute Gasteiger partial charge is 0.445 e. The first-order valence-corrected chi connectivity index (χ1v) is 16.3. The highest BCUT2D eigenvalue weighted by Gasteiger charge is 2.51. The summed E-state index contributed by atoms with van der Waals surface area (Å²) in [6, 6.07) is 14.5. The molecule has 2 aromatic carbocycles. The molecule has 3 aliphatic rings. The molecule has 0 bridgehead atoms. The minimum atomic E-state index is -0.862. The van der Waals surface area contributed by atoms with Crippen molar-refractivity contribution in [1.29, 1.82) is 0 Å². The van der Waals surface area contributed by atoms with Crippen LogP contribution >= 0.6 is 0 Å². The number of carbonyl (C=O) groups excluding carboxylic acids is 3. The predicted molar refractivity (Wildman–Crippen MR) is 173 cm³/mol. The topological polar surface area (TPSA) is 85.4 Å². The Morgan fingerprint density at radius 1 is 1.02 bits per heavy atom. The van der Waals surface area contributed by atoms with Gasteiger partial charge in [0.25, 0.3) is 0 Å². The number of ether oxygens (including phenoxy) is 1. The number of hydrogen-bond acceptors (Lipinski definition) is 6. The zero-order valence-electron chi connectivity index (χ0n) is 26.9. The number of anilines is 1. The van der Waals surface area contributed by atoms with Crippen LogP contribution in [0.25, 0.3) is 0 Å². The van der Waals surface area contributed by atoms with Crippen molar-refractivity contribution in [3.8, 4) is 0 Å². The van der Waals surface area contributed by atoms with Gasteiger partial charge in [0.05, 0.1) is 0 Å². The van der Waals surface area contributed by atoms with Gasteiger partial charge in [-0.3, -0.25) is 9.80 Å². The van der Waals surface area contributed by atoms with E-state index in [0.29, 0.717) is 32.0 Å². The second-order valence-electron chi connectivity index (χ2n) is 12.7. The molecule has 0 saturated carbocycles. The van der Waals surface area contributed by atoms with Gasteiger partial charge in [-0.15, -0.1) is 0 Å². The first kappa shape index (κ1) is 32.0. The second kappa shape index (κ2) is 14.1. The number of hydrogen-bond donors (Lipinski definition) is 1. The van der Waals surface area contributed by atoms with Gasteiger partial charge in [-0.1, -0.05) is 50.2 Å². The van der Waals surface area contributed by atoms with E-state index in [1.165, 1.54) is 11.1 Å². The van der Waals surface area contributed by atoms with Gasteiger partial charge in [0.2, 0.25) is 0 Å². The Bertz CT molecular complexity index is 1320. The average Bonchev–Trinajstić information content (AvgIpc) is 3.21. The summed E-state index contributed by atoms with van der Waals surface area (Å²) in [6.45, 7) is 7.02. The first-order chi connectivity index (χ1) is 21.3. The van der Waals surface area contributed by atoms with Gasteiger partial charge in [0.1, 0.15) is 18.6 Å². The summed E-state index contributed by atoms with van der Waals surface area (Å²) >= 11 is 0. The highest BCUT2D eigenvalue weighted by Crippen LogP contribution is 2.39. The smallest absolute Gasteiger partial charge is 0.411 e.